The Bertz CT molecular complexity index is 2760. The Balaban J connectivity index is 1.32. The van der Waals surface area contributed by atoms with Gasteiger partial charge in [0.05, 0.1) is 30.3 Å². The van der Waals surface area contributed by atoms with Gasteiger partial charge < -0.3 is 39.2 Å². The van der Waals surface area contributed by atoms with E-state index >= 15 is 0 Å². The summed E-state index contributed by atoms with van der Waals surface area (Å²) in [5.74, 6) is -2.93. The Hall–Kier alpha value is -6.85. The van der Waals surface area contributed by atoms with Gasteiger partial charge in [-0.25, -0.2) is 10.4 Å². The van der Waals surface area contributed by atoms with E-state index in [1.165, 1.54) is 27.7 Å². The Kier molecular flexibility index (Phi) is 14.6. The number of methoxy groups -OCH3 is 1. The fourth-order valence-corrected chi connectivity index (χ4v) is 9.44. The number of pyridine rings is 1. The number of likely N-dealkylation sites (N-methyl/N-ethyl adjacent to an activating group) is 1. The smallest absolute Gasteiger partial charge is 0.324 e. The van der Waals surface area contributed by atoms with Crippen LogP contribution in [0.25, 0.3) is 33.3 Å². The maximum Gasteiger partial charge on any atom is 0.324 e. The van der Waals surface area contributed by atoms with Crippen LogP contribution >= 0.6 is 0 Å². The van der Waals surface area contributed by atoms with Gasteiger partial charge in [0.2, 0.25) is 17.6 Å². The summed E-state index contributed by atoms with van der Waals surface area (Å²) in [6.07, 6.45) is 5.29. The molecule has 1 saturated heterocycles. The first-order chi connectivity index (χ1) is 32.4. The predicted molar refractivity (Wildman–Crippen MR) is 258 cm³/mol. The summed E-state index contributed by atoms with van der Waals surface area (Å²) >= 11 is 0. The van der Waals surface area contributed by atoms with Crippen LogP contribution in [0.15, 0.2) is 73.6 Å². The van der Waals surface area contributed by atoms with E-state index in [9.17, 15) is 29.1 Å². The summed E-state index contributed by atoms with van der Waals surface area (Å²) in [6.45, 7) is 16.2. The number of aromatic nitrogens is 4. The Morgan fingerprint density at radius 1 is 1.10 bits per heavy atom. The zero-order chi connectivity index (χ0) is 49.2. The summed E-state index contributed by atoms with van der Waals surface area (Å²) in [5.41, 5.74) is 9.38. The highest BCUT2D eigenvalue weighted by Gasteiger charge is 2.38. The highest BCUT2D eigenvalue weighted by molar-refractivity contribution is 6.00. The van der Waals surface area contributed by atoms with Gasteiger partial charge >= 0.3 is 5.97 Å². The number of anilines is 1. The van der Waals surface area contributed by atoms with Crippen LogP contribution in [-0.4, -0.2) is 109 Å². The third kappa shape index (κ3) is 10.0. The van der Waals surface area contributed by atoms with Crippen LogP contribution in [0.4, 0.5) is 5.82 Å². The predicted octanol–water partition coefficient (Wildman–Crippen LogP) is 6.11. The molecule has 0 spiro atoms. The summed E-state index contributed by atoms with van der Waals surface area (Å²) in [6, 6.07) is 12.2. The number of carbonyl (C=O) groups is 5. The largest absolute Gasteiger partial charge is 0.508 e. The van der Waals surface area contributed by atoms with Crippen molar-refractivity contribution < 1.29 is 38.6 Å². The molecule has 17 heteroatoms. The average Bonchev–Trinajstić information content (AvgIpc) is 3.83. The van der Waals surface area contributed by atoms with E-state index in [0.29, 0.717) is 36.9 Å². The van der Waals surface area contributed by atoms with E-state index in [0.717, 1.165) is 45.1 Å². The van der Waals surface area contributed by atoms with Gasteiger partial charge in [-0.15, -0.1) is 0 Å². The zero-order valence-corrected chi connectivity index (χ0v) is 40.4. The third-order valence-electron chi connectivity index (χ3n) is 12.9. The van der Waals surface area contributed by atoms with Crippen molar-refractivity contribution >= 4 is 46.3 Å². The molecule has 5 aromatic rings. The minimum atomic E-state index is -1.21. The molecule has 7 rings (SSSR count). The van der Waals surface area contributed by atoms with Crippen LogP contribution in [0.2, 0.25) is 0 Å². The normalized spacial score (nSPS) is 18.4. The van der Waals surface area contributed by atoms with Gasteiger partial charge in [-0.05, 0) is 104 Å². The van der Waals surface area contributed by atoms with E-state index in [-0.39, 0.29) is 43.1 Å². The second-order valence-corrected chi connectivity index (χ2v) is 18.9. The number of carbonyl (C=O) groups excluding carboxylic acids is 5. The lowest BCUT2D eigenvalue weighted by Crippen LogP contribution is -2.62. The lowest BCUT2D eigenvalue weighted by molar-refractivity contribution is -0.155. The van der Waals surface area contributed by atoms with Gasteiger partial charge in [-0.1, -0.05) is 46.4 Å². The number of ether oxygens (including phenoxy) is 2. The standard InChI is InChI=1S/C51H63N9O8/c1-11-42(62)55-41-27-53-46(57(41)8)49(65)58(9)44(29(3)4)47(63)54-39-23-31-21-33(24-34(61)22-31)32-17-18-40-36(25-32)37(45(59(40)12-2)35-15-13-19-52-43(35)30(5)67-10)26-51(6,7)28-68-50(66)38-16-14-20-60(56-38)48(39)64/h11,13,15,17-19,21-22,24-25,27,29-30,38-39,44,56,61H,1,12,14,16,20,23,26,28H2,2-10H3,(H,54,63)(H,55,62)/t30-,38-,39-,44-/m0/s1. The summed E-state index contributed by atoms with van der Waals surface area (Å²) in [5, 5.41) is 19.2. The maximum atomic E-state index is 14.7. The lowest BCUT2D eigenvalue weighted by Gasteiger charge is -2.36. The quantitative estimate of drug-likeness (QED) is 0.0880. The van der Waals surface area contributed by atoms with Crippen molar-refractivity contribution in [2.24, 2.45) is 18.4 Å². The van der Waals surface area contributed by atoms with E-state index in [2.05, 4.69) is 71.2 Å². The molecule has 68 heavy (non-hydrogen) atoms. The number of imidazole rings is 1. The molecule has 3 aromatic heterocycles. The van der Waals surface area contributed by atoms with E-state index < -0.39 is 59.1 Å². The number of fused-ring (bicyclic) bond motifs is 6. The lowest BCUT2D eigenvalue weighted by atomic mass is 9.84. The monoisotopic (exact) mass is 929 g/mol. The molecule has 360 valence electrons. The molecule has 2 aliphatic heterocycles. The van der Waals surface area contributed by atoms with Crippen LogP contribution in [0, 0.1) is 11.3 Å². The van der Waals surface area contributed by atoms with Gasteiger partial charge in [-0.2, -0.15) is 0 Å². The Morgan fingerprint density at radius 2 is 1.87 bits per heavy atom. The molecule has 4 N–H and O–H groups in total. The van der Waals surface area contributed by atoms with Crippen LogP contribution in [0.1, 0.15) is 87.9 Å². The van der Waals surface area contributed by atoms with Crippen LogP contribution in [-0.2, 0) is 55.1 Å². The van der Waals surface area contributed by atoms with Gasteiger partial charge in [0.15, 0.2) is 0 Å². The SMILES string of the molecule is C=CC(=O)Nc1cnc(C(=O)N(C)[C@H](C(=O)N[C@H]2Cc3cc(O)cc(c3)-c3ccc4c(c3)c(c(-c3cccnc3[C@H](C)OC)n4CC)CC(C)(C)COC(=O)[C@@H]3CCCN(N3)C2=O)C(C)C)n1C. The number of rotatable bonds is 11. The first kappa shape index (κ1) is 49.1. The molecule has 2 aromatic carbocycles. The minimum Gasteiger partial charge on any atom is -0.508 e. The van der Waals surface area contributed by atoms with Crippen molar-refractivity contribution in [2.75, 3.05) is 32.6 Å². The van der Waals surface area contributed by atoms with Gasteiger partial charge in [-0.3, -0.25) is 34.0 Å². The fraction of sp³-hybridized carbons (Fsp3) is 0.431. The molecule has 0 aliphatic carbocycles. The molecule has 1 fully saturated rings. The number of nitrogens with one attached hydrogen (secondary N) is 3. The van der Waals surface area contributed by atoms with E-state index in [1.54, 1.807) is 46.3 Å². The molecule has 6 bridgehead atoms. The van der Waals surface area contributed by atoms with Crippen LogP contribution in [0.3, 0.4) is 0 Å². The molecule has 4 atom stereocenters. The second-order valence-electron chi connectivity index (χ2n) is 18.9. The third-order valence-corrected chi connectivity index (χ3v) is 12.9. The topological polar surface area (TPSA) is 202 Å². The number of amides is 4. The first-order valence-electron chi connectivity index (χ1n) is 23.1. The summed E-state index contributed by atoms with van der Waals surface area (Å²) in [4.78, 5) is 79.5. The zero-order valence-electron chi connectivity index (χ0n) is 40.4. The number of esters is 1. The Labute approximate surface area is 396 Å². The molecular weight excluding hydrogens is 867 g/mol. The number of phenols is 1. The molecule has 0 radical (unpaired) electrons. The number of hydrogen-bond acceptors (Lipinski definition) is 11. The number of cyclic esters (lactones) is 1. The van der Waals surface area contributed by atoms with Crippen LogP contribution in [0.5, 0.6) is 5.75 Å². The van der Waals surface area contributed by atoms with Crippen molar-refractivity contribution in [3.8, 4) is 28.1 Å². The van der Waals surface area contributed by atoms with Crippen molar-refractivity contribution in [1.29, 1.82) is 0 Å². The van der Waals surface area contributed by atoms with Gasteiger partial charge in [0.25, 0.3) is 11.8 Å². The van der Waals surface area contributed by atoms with Crippen molar-refractivity contribution in [3.63, 3.8) is 0 Å². The Morgan fingerprint density at radius 3 is 2.57 bits per heavy atom. The molecule has 2 aliphatic rings. The molecule has 0 unspecified atom stereocenters. The molecule has 17 nitrogen and oxygen atoms in total. The van der Waals surface area contributed by atoms with E-state index in [1.807, 2.05) is 25.1 Å². The summed E-state index contributed by atoms with van der Waals surface area (Å²) in [7, 11) is 4.71. The maximum absolute atomic E-state index is 14.7. The molecule has 0 saturated carbocycles. The van der Waals surface area contributed by atoms with Gasteiger partial charge in [0.1, 0.15) is 29.7 Å². The first-order valence-corrected chi connectivity index (χ1v) is 23.1. The van der Waals surface area contributed by atoms with Crippen molar-refractivity contribution in [1.82, 2.24) is 39.8 Å². The minimum absolute atomic E-state index is 0.0287. The van der Waals surface area contributed by atoms with Crippen molar-refractivity contribution in [3.05, 3.63) is 96.2 Å². The van der Waals surface area contributed by atoms with Gasteiger partial charge in [0, 0.05) is 68.8 Å². The second kappa shape index (κ2) is 20.2. The summed E-state index contributed by atoms with van der Waals surface area (Å²) < 4.78 is 15.6. The number of aromatic hydroxyl groups is 1. The number of hydrazine groups is 1. The van der Waals surface area contributed by atoms with Crippen molar-refractivity contribution in [2.45, 2.75) is 98.0 Å². The number of nitrogens with zero attached hydrogens (tertiary/aromatic N) is 6. The molecule has 5 heterocycles. The fourth-order valence-electron chi connectivity index (χ4n) is 9.44. The molecular formula is C51H63N9O8. The highest BCUT2D eigenvalue weighted by Crippen LogP contribution is 2.42. The average molecular weight is 930 g/mol. The number of phenolic OH excluding ortho intramolecular Hbond substituents is 1. The number of benzene rings is 2. The van der Waals surface area contributed by atoms with Crippen LogP contribution < -0.4 is 16.1 Å². The van der Waals surface area contributed by atoms with E-state index in [4.69, 9.17) is 14.5 Å². The number of hydrogen-bond donors (Lipinski definition) is 4. The highest BCUT2D eigenvalue weighted by atomic mass is 16.5. The number of aryl methyl sites for hydroxylation is 1. The molecule has 4 amide bonds.